The molecule has 0 aliphatic carbocycles. The number of nitriles is 1. The molecule has 0 spiro atoms. The number of nitro groups is 1. The molecule has 25 heavy (non-hydrogen) atoms. The summed E-state index contributed by atoms with van der Waals surface area (Å²) in [7, 11) is 0. The molecule has 0 saturated carbocycles. The number of carbonyl (C=O) groups excluding carboxylic acids is 1. The van der Waals surface area contributed by atoms with E-state index in [0.29, 0.717) is 5.69 Å². The van der Waals surface area contributed by atoms with E-state index in [1.54, 1.807) is 6.07 Å². The van der Waals surface area contributed by atoms with E-state index in [0.717, 1.165) is 10.6 Å². The lowest BCUT2D eigenvalue weighted by atomic mass is 10.1. The zero-order valence-corrected chi connectivity index (χ0v) is 13.6. The number of aromatic nitrogens is 2. The fourth-order valence-electron chi connectivity index (χ4n) is 2.07. The lowest BCUT2D eigenvalue weighted by molar-refractivity contribution is -0.384. The fraction of sp³-hybridized carbons (Fsp3) is 0.250. The van der Waals surface area contributed by atoms with E-state index >= 15 is 0 Å². The van der Waals surface area contributed by atoms with Gasteiger partial charge in [0.15, 0.2) is 0 Å². The molecule has 0 saturated heterocycles. The van der Waals surface area contributed by atoms with E-state index < -0.39 is 10.8 Å². The lowest BCUT2D eigenvalue weighted by Gasteiger charge is -2.09. The van der Waals surface area contributed by atoms with Gasteiger partial charge in [-0.3, -0.25) is 24.3 Å². The number of nitro benzene ring substituents is 1. The van der Waals surface area contributed by atoms with Crippen LogP contribution in [-0.2, 0) is 11.3 Å². The second-order valence-corrected chi connectivity index (χ2v) is 5.58. The first-order valence-electron chi connectivity index (χ1n) is 7.36. The summed E-state index contributed by atoms with van der Waals surface area (Å²) in [5.41, 5.74) is 0.113. The minimum Gasteiger partial charge on any atom is -0.323 e. The second-order valence-electron chi connectivity index (χ2n) is 5.58. The number of carbonyl (C=O) groups is 1. The Morgan fingerprint density at radius 1 is 1.44 bits per heavy atom. The van der Waals surface area contributed by atoms with Crippen molar-refractivity contribution in [2.45, 2.75) is 26.3 Å². The second kappa shape index (κ2) is 7.35. The van der Waals surface area contributed by atoms with Crippen molar-refractivity contribution in [1.82, 2.24) is 9.55 Å². The molecule has 1 heterocycles. The Bertz CT molecular complexity index is 927. The van der Waals surface area contributed by atoms with Crippen molar-refractivity contribution < 1.29 is 9.72 Å². The molecule has 9 heteroatoms. The van der Waals surface area contributed by atoms with Crippen LogP contribution in [0.1, 0.15) is 31.0 Å². The monoisotopic (exact) mass is 341 g/mol. The molecule has 0 aliphatic heterocycles. The summed E-state index contributed by atoms with van der Waals surface area (Å²) < 4.78 is 1.14. The van der Waals surface area contributed by atoms with Crippen LogP contribution in [-0.4, -0.2) is 20.4 Å². The quantitative estimate of drug-likeness (QED) is 0.651. The minimum absolute atomic E-state index is 0.0387. The maximum Gasteiger partial charge on any atom is 0.270 e. The van der Waals surface area contributed by atoms with Gasteiger partial charge in [-0.25, -0.2) is 4.98 Å². The molecule has 9 nitrogen and oxygen atoms in total. The molecular weight excluding hydrogens is 326 g/mol. The Labute approximate surface area is 142 Å². The van der Waals surface area contributed by atoms with Crippen LogP contribution in [0.15, 0.2) is 35.4 Å². The van der Waals surface area contributed by atoms with Crippen LogP contribution in [0, 0.1) is 21.4 Å². The Morgan fingerprint density at radius 3 is 2.72 bits per heavy atom. The van der Waals surface area contributed by atoms with Crippen LogP contribution in [0.5, 0.6) is 0 Å². The topological polar surface area (TPSA) is 131 Å². The lowest BCUT2D eigenvalue weighted by Crippen LogP contribution is -2.28. The molecule has 128 valence electrons. The predicted molar refractivity (Wildman–Crippen MR) is 89.0 cm³/mol. The summed E-state index contributed by atoms with van der Waals surface area (Å²) in [5, 5.41) is 22.3. The van der Waals surface area contributed by atoms with Crippen LogP contribution >= 0.6 is 0 Å². The van der Waals surface area contributed by atoms with Crippen molar-refractivity contribution >= 4 is 17.3 Å². The first-order valence-corrected chi connectivity index (χ1v) is 7.36. The van der Waals surface area contributed by atoms with Crippen LogP contribution in [0.4, 0.5) is 11.4 Å². The van der Waals surface area contributed by atoms with E-state index in [2.05, 4.69) is 10.3 Å². The first kappa shape index (κ1) is 17.8. The summed E-state index contributed by atoms with van der Waals surface area (Å²) in [6, 6.07) is 6.68. The molecule has 1 aromatic heterocycles. The van der Waals surface area contributed by atoms with E-state index in [4.69, 9.17) is 5.26 Å². The van der Waals surface area contributed by atoms with Crippen molar-refractivity contribution in [1.29, 1.82) is 5.26 Å². The summed E-state index contributed by atoms with van der Waals surface area (Å²) >= 11 is 0. The van der Waals surface area contributed by atoms with Gasteiger partial charge in [-0.1, -0.05) is 13.8 Å². The van der Waals surface area contributed by atoms with E-state index in [1.807, 2.05) is 13.8 Å². The molecule has 0 atom stereocenters. The van der Waals surface area contributed by atoms with Crippen LogP contribution in [0.2, 0.25) is 0 Å². The van der Waals surface area contributed by atoms with Crippen molar-refractivity contribution in [3.05, 3.63) is 62.3 Å². The van der Waals surface area contributed by atoms with E-state index in [9.17, 15) is 19.7 Å². The van der Waals surface area contributed by atoms with E-state index in [1.165, 1.54) is 24.5 Å². The number of non-ortho nitro benzene ring substituents is 1. The SMILES string of the molecule is CC(C)c1cc(=O)n(CC(=O)Nc2ccc([N+](=O)[O-])cc2C#N)cn1. The maximum atomic E-state index is 12.1. The summed E-state index contributed by atoms with van der Waals surface area (Å²) in [6.07, 6.45) is 1.29. The molecule has 0 radical (unpaired) electrons. The van der Waals surface area contributed by atoms with Gasteiger partial charge < -0.3 is 5.32 Å². The number of benzene rings is 1. The Balaban J connectivity index is 2.17. The minimum atomic E-state index is -0.631. The van der Waals surface area contributed by atoms with Crippen LogP contribution in [0.3, 0.4) is 0 Å². The third kappa shape index (κ3) is 4.26. The highest BCUT2D eigenvalue weighted by Gasteiger charge is 2.13. The normalized spacial score (nSPS) is 10.3. The van der Waals surface area contributed by atoms with E-state index in [-0.39, 0.29) is 35.0 Å². The highest BCUT2D eigenvalue weighted by Crippen LogP contribution is 2.21. The average Bonchev–Trinajstić information content (AvgIpc) is 2.56. The fourth-order valence-corrected chi connectivity index (χ4v) is 2.07. The molecular formula is C16H15N5O4. The number of amides is 1. The Morgan fingerprint density at radius 2 is 2.16 bits per heavy atom. The molecule has 2 aromatic rings. The molecule has 0 fully saturated rings. The predicted octanol–water partition coefficient (Wildman–Crippen LogP) is 1.79. The highest BCUT2D eigenvalue weighted by atomic mass is 16.6. The number of hydrogen-bond donors (Lipinski definition) is 1. The summed E-state index contributed by atoms with van der Waals surface area (Å²) in [4.78, 5) is 38.3. The highest BCUT2D eigenvalue weighted by molar-refractivity contribution is 5.92. The molecule has 0 aliphatic rings. The number of nitrogens with zero attached hydrogens (tertiary/aromatic N) is 4. The van der Waals surface area contributed by atoms with Gasteiger partial charge in [-0.05, 0) is 12.0 Å². The molecule has 2 rings (SSSR count). The number of rotatable bonds is 5. The molecule has 0 bridgehead atoms. The van der Waals surface area contributed by atoms with Crippen LogP contribution < -0.4 is 10.9 Å². The third-order valence-corrected chi connectivity index (χ3v) is 3.41. The smallest absolute Gasteiger partial charge is 0.270 e. The third-order valence-electron chi connectivity index (χ3n) is 3.41. The number of hydrogen-bond acceptors (Lipinski definition) is 6. The first-order chi connectivity index (χ1) is 11.8. The van der Waals surface area contributed by atoms with Gasteiger partial charge in [-0.15, -0.1) is 0 Å². The van der Waals surface area contributed by atoms with Gasteiger partial charge in [0.1, 0.15) is 12.6 Å². The van der Waals surface area contributed by atoms with Crippen molar-refractivity contribution in [2.75, 3.05) is 5.32 Å². The number of nitrogens with one attached hydrogen (secondary N) is 1. The van der Waals surface area contributed by atoms with Gasteiger partial charge in [0.25, 0.3) is 11.2 Å². The molecule has 1 amide bonds. The summed E-state index contributed by atoms with van der Waals surface area (Å²) in [6.45, 7) is 3.51. The standard InChI is InChI=1S/C16H15N5O4/c1-10(2)14-6-16(23)20(9-18-14)8-15(22)19-13-4-3-12(21(24)25)5-11(13)7-17/h3-6,9-10H,8H2,1-2H3,(H,19,22). The van der Waals surface area contributed by atoms with Crippen molar-refractivity contribution in [3.63, 3.8) is 0 Å². The number of anilines is 1. The largest absolute Gasteiger partial charge is 0.323 e. The van der Waals surface area contributed by atoms with Crippen molar-refractivity contribution in [3.8, 4) is 6.07 Å². The Hall–Kier alpha value is -3.54. The molecule has 0 unspecified atom stereocenters. The van der Waals surface area contributed by atoms with Crippen LogP contribution in [0.25, 0.3) is 0 Å². The zero-order valence-electron chi connectivity index (χ0n) is 13.6. The molecule has 1 N–H and O–H groups in total. The Kier molecular flexibility index (Phi) is 5.24. The summed E-state index contributed by atoms with van der Waals surface area (Å²) in [5.74, 6) is -0.457. The zero-order chi connectivity index (χ0) is 18.6. The van der Waals surface area contributed by atoms with Gasteiger partial charge in [0, 0.05) is 18.2 Å². The van der Waals surface area contributed by atoms with Gasteiger partial charge in [-0.2, -0.15) is 5.26 Å². The maximum absolute atomic E-state index is 12.1. The van der Waals surface area contributed by atoms with Crippen molar-refractivity contribution in [2.24, 2.45) is 0 Å². The van der Waals surface area contributed by atoms with Gasteiger partial charge in [0.2, 0.25) is 5.91 Å². The molecule has 1 aromatic carbocycles. The van der Waals surface area contributed by atoms with Gasteiger partial charge >= 0.3 is 0 Å². The average molecular weight is 341 g/mol. The van der Waals surface area contributed by atoms with Gasteiger partial charge in [0.05, 0.1) is 28.2 Å².